The SMILES string of the molecule is CC(=O)N1C[C@H](O)C[C@H]1C(=O)N[C@H](Cc1ccc(OCc2ccccc2)cc1)C(=O)O. The molecule has 1 fully saturated rings. The summed E-state index contributed by atoms with van der Waals surface area (Å²) in [4.78, 5) is 37.2. The zero-order valence-electron chi connectivity index (χ0n) is 17.2. The van der Waals surface area contributed by atoms with Gasteiger partial charge in [0.15, 0.2) is 0 Å². The van der Waals surface area contributed by atoms with Crippen molar-refractivity contribution in [1.29, 1.82) is 0 Å². The number of carbonyl (C=O) groups is 3. The number of hydrogen-bond donors (Lipinski definition) is 3. The van der Waals surface area contributed by atoms with Gasteiger partial charge in [-0.05, 0) is 23.3 Å². The summed E-state index contributed by atoms with van der Waals surface area (Å²) in [5.41, 5.74) is 1.76. The Morgan fingerprint density at radius 2 is 1.77 bits per heavy atom. The molecule has 8 nitrogen and oxygen atoms in total. The summed E-state index contributed by atoms with van der Waals surface area (Å²) in [6.07, 6.45) is -0.632. The van der Waals surface area contributed by atoms with Crippen molar-refractivity contribution in [2.24, 2.45) is 0 Å². The summed E-state index contributed by atoms with van der Waals surface area (Å²) in [5.74, 6) is -1.44. The van der Waals surface area contributed by atoms with Crippen molar-refractivity contribution in [2.75, 3.05) is 6.54 Å². The Labute approximate surface area is 180 Å². The number of benzene rings is 2. The Morgan fingerprint density at radius 1 is 1.10 bits per heavy atom. The zero-order valence-corrected chi connectivity index (χ0v) is 17.2. The quantitative estimate of drug-likeness (QED) is 0.587. The Hall–Kier alpha value is -3.39. The second kappa shape index (κ2) is 10.1. The highest BCUT2D eigenvalue weighted by atomic mass is 16.5. The molecule has 2 aromatic carbocycles. The summed E-state index contributed by atoms with van der Waals surface area (Å²) in [6.45, 7) is 1.80. The van der Waals surface area contributed by atoms with Crippen molar-refractivity contribution in [3.8, 4) is 5.75 Å². The van der Waals surface area contributed by atoms with E-state index in [1.54, 1.807) is 24.3 Å². The molecule has 1 aliphatic heterocycles. The summed E-state index contributed by atoms with van der Waals surface area (Å²) in [7, 11) is 0. The number of hydrogen-bond acceptors (Lipinski definition) is 5. The molecule has 3 atom stereocenters. The van der Waals surface area contributed by atoms with Gasteiger partial charge in [-0.15, -0.1) is 0 Å². The fourth-order valence-electron chi connectivity index (χ4n) is 3.58. The molecule has 2 amide bonds. The zero-order chi connectivity index (χ0) is 22.4. The van der Waals surface area contributed by atoms with E-state index in [1.165, 1.54) is 11.8 Å². The van der Waals surface area contributed by atoms with Crippen molar-refractivity contribution in [1.82, 2.24) is 10.2 Å². The number of ether oxygens (including phenoxy) is 1. The smallest absolute Gasteiger partial charge is 0.326 e. The van der Waals surface area contributed by atoms with Gasteiger partial charge >= 0.3 is 5.97 Å². The number of rotatable bonds is 8. The third kappa shape index (κ3) is 6.05. The third-order valence-corrected chi connectivity index (χ3v) is 5.21. The summed E-state index contributed by atoms with van der Waals surface area (Å²) >= 11 is 0. The molecule has 1 saturated heterocycles. The minimum atomic E-state index is -1.18. The molecule has 3 rings (SSSR count). The van der Waals surface area contributed by atoms with Gasteiger partial charge in [0.05, 0.1) is 6.10 Å². The van der Waals surface area contributed by atoms with Crippen LogP contribution in [0.2, 0.25) is 0 Å². The number of carbonyl (C=O) groups excluding carboxylic acids is 2. The number of likely N-dealkylation sites (tertiary alicyclic amines) is 1. The van der Waals surface area contributed by atoms with Crippen LogP contribution in [0.4, 0.5) is 0 Å². The van der Waals surface area contributed by atoms with Gasteiger partial charge in [-0.3, -0.25) is 9.59 Å². The molecule has 164 valence electrons. The highest BCUT2D eigenvalue weighted by Crippen LogP contribution is 2.19. The first kappa shape index (κ1) is 22.3. The van der Waals surface area contributed by atoms with Gasteiger partial charge in [-0.25, -0.2) is 4.79 Å². The fraction of sp³-hybridized carbons (Fsp3) is 0.348. The monoisotopic (exact) mass is 426 g/mol. The van der Waals surface area contributed by atoms with Crippen molar-refractivity contribution >= 4 is 17.8 Å². The number of β-amino-alcohol motifs (C(OH)–C–C–N with tert-alkyl or cyclic N) is 1. The molecule has 1 heterocycles. The second-order valence-electron chi connectivity index (χ2n) is 7.60. The minimum absolute atomic E-state index is 0.0651. The molecule has 0 radical (unpaired) electrons. The standard InChI is InChI=1S/C23H26N2O6/c1-15(26)25-13-18(27)12-21(25)22(28)24-20(23(29)30)11-16-7-9-19(10-8-16)31-14-17-5-3-2-4-6-17/h2-10,18,20-21,27H,11-14H2,1H3,(H,24,28)(H,29,30)/t18-,20-,21+/m1/s1. The van der Waals surface area contributed by atoms with Crippen LogP contribution >= 0.6 is 0 Å². The minimum Gasteiger partial charge on any atom is -0.489 e. The number of amides is 2. The van der Waals surface area contributed by atoms with E-state index in [-0.39, 0.29) is 25.3 Å². The number of aliphatic carboxylic acids is 1. The van der Waals surface area contributed by atoms with E-state index in [1.807, 2.05) is 30.3 Å². The summed E-state index contributed by atoms with van der Waals surface area (Å²) < 4.78 is 5.73. The number of nitrogens with zero attached hydrogens (tertiary/aromatic N) is 1. The molecule has 2 aromatic rings. The van der Waals surface area contributed by atoms with Crippen LogP contribution in [0, 0.1) is 0 Å². The molecule has 0 spiro atoms. The Bertz CT molecular complexity index is 915. The summed E-state index contributed by atoms with van der Waals surface area (Å²) in [5, 5.41) is 21.8. The fourth-order valence-corrected chi connectivity index (χ4v) is 3.58. The average molecular weight is 426 g/mol. The molecule has 3 N–H and O–H groups in total. The largest absolute Gasteiger partial charge is 0.489 e. The lowest BCUT2D eigenvalue weighted by Gasteiger charge is -2.24. The van der Waals surface area contributed by atoms with Crippen molar-refractivity contribution < 1.29 is 29.3 Å². The van der Waals surface area contributed by atoms with E-state index >= 15 is 0 Å². The first-order valence-electron chi connectivity index (χ1n) is 10.1. The van der Waals surface area contributed by atoms with Crippen molar-refractivity contribution in [2.45, 2.75) is 44.6 Å². The molecule has 0 aliphatic carbocycles. The third-order valence-electron chi connectivity index (χ3n) is 5.21. The highest BCUT2D eigenvalue weighted by Gasteiger charge is 2.38. The van der Waals surface area contributed by atoms with Crippen molar-refractivity contribution in [3.05, 3.63) is 65.7 Å². The lowest BCUT2D eigenvalue weighted by molar-refractivity contribution is -0.143. The first-order valence-corrected chi connectivity index (χ1v) is 10.1. The molecule has 1 aliphatic rings. The molecule has 0 saturated carbocycles. The summed E-state index contributed by atoms with van der Waals surface area (Å²) in [6, 6.07) is 14.7. The maximum absolute atomic E-state index is 12.6. The lowest BCUT2D eigenvalue weighted by Crippen LogP contribution is -2.51. The van der Waals surface area contributed by atoms with Gasteiger partial charge in [0.25, 0.3) is 0 Å². The normalized spacial score (nSPS) is 19.0. The van der Waals surface area contributed by atoms with Crippen LogP contribution in [0.1, 0.15) is 24.5 Å². The molecule has 0 aromatic heterocycles. The van der Waals surface area contributed by atoms with E-state index in [9.17, 15) is 24.6 Å². The highest BCUT2D eigenvalue weighted by molar-refractivity contribution is 5.90. The molecule has 8 heteroatoms. The van der Waals surface area contributed by atoms with Crippen LogP contribution < -0.4 is 10.1 Å². The Morgan fingerprint density at radius 3 is 2.39 bits per heavy atom. The molecular formula is C23H26N2O6. The lowest BCUT2D eigenvalue weighted by atomic mass is 10.0. The van der Waals surface area contributed by atoms with Crippen LogP contribution in [0.25, 0.3) is 0 Å². The van der Waals surface area contributed by atoms with Gasteiger partial charge in [0, 0.05) is 26.3 Å². The van der Waals surface area contributed by atoms with Gasteiger partial charge in [-0.2, -0.15) is 0 Å². The number of nitrogens with one attached hydrogen (secondary N) is 1. The number of aliphatic hydroxyl groups is 1. The van der Waals surface area contributed by atoms with Crippen LogP contribution in [-0.2, 0) is 27.4 Å². The van der Waals surface area contributed by atoms with Crippen LogP contribution in [0.15, 0.2) is 54.6 Å². The van der Waals surface area contributed by atoms with E-state index in [4.69, 9.17) is 4.74 Å². The van der Waals surface area contributed by atoms with Crippen LogP contribution in [-0.4, -0.2) is 57.6 Å². The molecule has 31 heavy (non-hydrogen) atoms. The van der Waals surface area contributed by atoms with Gasteiger partial charge < -0.3 is 25.2 Å². The molecular weight excluding hydrogens is 400 g/mol. The predicted molar refractivity (Wildman–Crippen MR) is 112 cm³/mol. The molecule has 0 unspecified atom stereocenters. The van der Waals surface area contributed by atoms with Crippen LogP contribution in [0.3, 0.4) is 0 Å². The van der Waals surface area contributed by atoms with Crippen molar-refractivity contribution in [3.63, 3.8) is 0 Å². The number of carboxylic acids is 1. The Balaban J connectivity index is 1.59. The number of aliphatic hydroxyl groups excluding tert-OH is 1. The second-order valence-corrected chi connectivity index (χ2v) is 7.60. The molecule has 0 bridgehead atoms. The maximum atomic E-state index is 12.6. The first-order chi connectivity index (χ1) is 14.8. The van der Waals surface area contributed by atoms with Gasteiger partial charge in [0.1, 0.15) is 24.4 Å². The average Bonchev–Trinajstić information content (AvgIpc) is 3.15. The van der Waals surface area contributed by atoms with Gasteiger partial charge in [0.2, 0.25) is 11.8 Å². The Kier molecular flexibility index (Phi) is 7.25. The van der Waals surface area contributed by atoms with E-state index in [0.29, 0.717) is 12.4 Å². The predicted octanol–water partition coefficient (Wildman–Crippen LogP) is 1.36. The maximum Gasteiger partial charge on any atom is 0.326 e. The number of carboxylic acid groups (broad SMARTS) is 1. The van der Waals surface area contributed by atoms with E-state index in [0.717, 1.165) is 11.1 Å². The topological polar surface area (TPSA) is 116 Å². The van der Waals surface area contributed by atoms with Gasteiger partial charge in [-0.1, -0.05) is 42.5 Å². The van der Waals surface area contributed by atoms with E-state index < -0.39 is 30.1 Å². The van der Waals surface area contributed by atoms with Crippen LogP contribution in [0.5, 0.6) is 5.75 Å². The van der Waals surface area contributed by atoms with E-state index in [2.05, 4.69) is 5.32 Å².